The largest absolute Gasteiger partial charge is 0.507 e. The Morgan fingerprint density at radius 1 is 0.977 bits per heavy atom. The second kappa shape index (κ2) is 11.9. The van der Waals surface area contributed by atoms with Crippen LogP contribution in [0, 0.1) is 5.82 Å². The molecule has 0 aliphatic carbocycles. The minimum absolute atomic E-state index is 0.158. The number of ether oxygens (including phenoxy) is 2. The maximum absolute atomic E-state index is 13.7. The van der Waals surface area contributed by atoms with Crippen LogP contribution in [0.5, 0.6) is 11.5 Å². The van der Waals surface area contributed by atoms with Gasteiger partial charge in [0.15, 0.2) is 16.6 Å². The van der Waals surface area contributed by atoms with Crippen LogP contribution in [-0.4, -0.2) is 28.4 Å². The molecule has 4 aromatic carbocycles. The molecule has 5 aromatic rings. The van der Waals surface area contributed by atoms with E-state index >= 15 is 0 Å². The highest BCUT2D eigenvalue weighted by molar-refractivity contribution is 7.22. The van der Waals surface area contributed by atoms with Gasteiger partial charge in [-0.25, -0.2) is 9.37 Å². The number of hydrogen-bond acceptors (Lipinski definition) is 7. The molecule has 0 spiro atoms. The van der Waals surface area contributed by atoms with Crippen LogP contribution in [0.1, 0.15) is 29.7 Å². The minimum Gasteiger partial charge on any atom is -0.507 e. The third-order valence-electron chi connectivity index (χ3n) is 6.93. The molecule has 1 aromatic heterocycles. The number of ketones is 1. The second-order valence-corrected chi connectivity index (χ2v) is 11.1. The number of fused-ring (bicyclic) bond motifs is 1. The lowest BCUT2D eigenvalue weighted by Gasteiger charge is -2.24. The van der Waals surface area contributed by atoms with Gasteiger partial charge in [0.1, 0.15) is 18.2 Å². The molecule has 1 unspecified atom stereocenters. The zero-order chi connectivity index (χ0) is 30.1. The normalized spacial score (nSPS) is 16.2. The Bertz CT molecular complexity index is 1870. The predicted octanol–water partition coefficient (Wildman–Crippen LogP) is 7.69. The van der Waals surface area contributed by atoms with Gasteiger partial charge in [0.05, 0.1) is 28.4 Å². The number of Topliss-reactive ketones (excluding diaryl/α,β-unsaturated/α-hetero) is 1. The number of aromatic nitrogens is 1. The van der Waals surface area contributed by atoms with Gasteiger partial charge in [0.25, 0.3) is 5.78 Å². The molecular formula is C33H24ClFN2O5S. The van der Waals surface area contributed by atoms with Crippen molar-refractivity contribution in [1.82, 2.24) is 4.98 Å². The van der Waals surface area contributed by atoms with E-state index in [9.17, 15) is 19.1 Å². The van der Waals surface area contributed by atoms with E-state index in [4.69, 9.17) is 21.1 Å². The molecule has 0 radical (unpaired) electrons. The molecule has 43 heavy (non-hydrogen) atoms. The molecule has 0 bridgehead atoms. The lowest BCUT2D eigenvalue weighted by atomic mass is 9.95. The molecule has 7 nitrogen and oxygen atoms in total. The average molecular weight is 615 g/mol. The summed E-state index contributed by atoms with van der Waals surface area (Å²) >= 11 is 7.38. The summed E-state index contributed by atoms with van der Waals surface area (Å²) in [6.07, 6.45) is 0. The maximum atomic E-state index is 13.7. The standard InChI is InChI=1S/C33H24ClFN2O5S/c1-2-41-26-16-21(10-15-25(26)42-18-19-6-4-3-5-7-19)29-28(30(38)20-8-12-23(35)13-9-20)31(39)32(40)37(29)33-36-24-14-11-22(34)17-27(24)43-33/h3-17,29,38H,2,18H2,1H3/b30-28+. The number of thiazole rings is 1. The molecule has 1 amide bonds. The predicted molar refractivity (Wildman–Crippen MR) is 164 cm³/mol. The number of benzene rings is 4. The van der Waals surface area contributed by atoms with Gasteiger partial charge in [-0.15, -0.1) is 0 Å². The molecule has 1 fully saturated rings. The van der Waals surface area contributed by atoms with Gasteiger partial charge in [-0.1, -0.05) is 59.3 Å². The fourth-order valence-electron chi connectivity index (χ4n) is 4.92. The molecular weight excluding hydrogens is 591 g/mol. The van der Waals surface area contributed by atoms with Crippen LogP contribution in [-0.2, 0) is 16.2 Å². The molecule has 216 valence electrons. The van der Waals surface area contributed by atoms with Gasteiger partial charge in [0.2, 0.25) is 0 Å². The lowest BCUT2D eigenvalue weighted by molar-refractivity contribution is -0.132. The van der Waals surface area contributed by atoms with Gasteiger partial charge in [0, 0.05) is 10.6 Å². The summed E-state index contributed by atoms with van der Waals surface area (Å²) in [5, 5.41) is 12.1. The van der Waals surface area contributed by atoms with E-state index in [0.29, 0.717) is 40.8 Å². The zero-order valence-corrected chi connectivity index (χ0v) is 24.4. The molecule has 2 heterocycles. The van der Waals surface area contributed by atoms with Crippen LogP contribution in [0.15, 0.2) is 96.6 Å². The molecule has 6 rings (SSSR count). The Morgan fingerprint density at radius 2 is 1.74 bits per heavy atom. The minimum atomic E-state index is -1.07. The maximum Gasteiger partial charge on any atom is 0.301 e. The number of hydrogen-bond donors (Lipinski definition) is 1. The van der Waals surface area contributed by atoms with Crippen molar-refractivity contribution in [3.05, 3.63) is 124 Å². The van der Waals surface area contributed by atoms with Crippen LogP contribution in [0.4, 0.5) is 9.52 Å². The lowest BCUT2D eigenvalue weighted by Crippen LogP contribution is -2.29. The van der Waals surface area contributed by atoms with Crippen molar-refractivity contribution in [2.75, 3.05) is 11.5 Å². The van der Waals surface area contributed by atoms with E-state index in [1.807, 2.05) is 37.3 Å². The first-order valence-corrected chi connectivity index (χ1v) is 14.6. The number of aliphatic hydroxyl groups excluding tert-OH is 1. The summed E-state index contributed by atoms with van der Waals surface area (Å²) in [5.74, 6) is -1.82. The topological polar surface area (TPSA) is 89.0 Å². The van der Waals surface area contributed by atoms with Gasteiger partial charge >= 0.3 is 5.91 Å². The van der Waals surface area contributed by atoms with Crippen LogP contribution < -0.4 is 14.4 Å². The highest BCUT2D eigenvalue weighted by Gasteiger charge is 2.48. The zero-order valence-electron chi connectivity index (χ0n) is 22.8. The van der Waals surface area contributed by atoms with Crippen LogP contribution in [0.25, 0.3) is 16.0 Å². The molecule has 1 saturated heterocycles. The van der Waals surface area contributed by atoms with Gasteiger partial charge in [-0.3, -0.25) is 14.5 Å². The molecule has 1 atom stereocenters. The van der Waals surface area contributed by atoms with Crippen molar-refractivity contribution < 1.29 is 28.6 Å². The Morgan fingerprint density at radius 3 is 2.49 bits per heavy atom. The molecule has 10 heteroatoms. The number of rotatable bonds is 8. The third-order valence-corrected chi connectivity index (χ3v) is 8.18. The number of anilines is 1. The number of carbonyl (C=O) groups is 2. The van der Waals surface area contributed by atoms with Crippen molar-refractivity contribution in [2.24, 2.45) is 0 Å². The number of aliphatic hydroxyl groups is 1. The molecule has 1 aliphatic heterocycles. The van der Waals surface area contributed by atoms with Crippen LogP contribution >= 0.6 is 22.9 Å². The summed E-state index contributed by atoms with van der Waals surface area (Å²) in [6.45, 7) is 2.47. The third kappa shape index (κ3) is 5.57. The summed E-state index contributed by atoms with van der Waals surface area (Å²) in [7, 11) is 0. The summed E-state index contributed by atoms with van der Waals surface area (Å²) in [5.41, 5.74) is 2.08. The van der Waals surface area contributed by atoms with Crippen molar-refractivity contribution in [3.8, 4) is 11.5 Å². The monoisotopic (exact) mass is 614 g/mol. The first-order valence-electron chi connectivity index (χ1n) is 13.4. The second-order valence-electron chi connectivity index (χ2n) is 9.70. The molecule has 0 saturated carbocycles. The van der Waals surface area contributed by atoms with Crippen molar-refractivity contribution in [1.29, 1.82) is 0 Å². The van der Waals surface area contributed by atoms with E-state index in [1.54, 1.807) is 36.4 Å². The number of carbonyl (C=O) groups excluding carboxylic acids is 2. The number of halogens is 2. The molecule has 1 aliphatic rings. The Hall–Kier alpha value is -4.73. The summed E-state index contributed by atoms with van der Waals surface area (Å²) < 4.78 is 26.4. The number of amides is 1. The fraction of sp³-hybridized carbons (Fsp3) is 0.121. The first-order chi connectivity index (χ1) is 20.8. The van der Waals surface area contributed by atoms with Gasteiger partial charge in [-0.2, -0.15) is 0 Å². The molecule has 1 N–H and O–H groups in total. The van der Waals surface area contributed by atoms with Gasteiger partial charge < -0.3 is 14.6 Å². The summed E-state index contributed by atoms with van der Waals surface area (Å²) in [6, 6.07) is 23.9. The van der Waals surface area contributed by atoms with E-state index in [1.165, 1.54) is 40.5 Å². The smallest absolute Gasteiger partial charge is 0.301 e. The Balaban J connectivity index is 1.49. The Labute approximate surface area is 255 Å². The Kier molecular flexibility index (Phi) is 7.84. The van der Waals surface area contributed by atoms with Crippen LogP contribution in [0.2, 0.25) is 5.02 Å². The van der Waals surface area contributed by atoms with Crippen molar-refractivity contribution in [2.45, 2.75) is 19.6 Å². The first kappa shape index (κ1) is 28.4. The van der Waals surface area contributed by atoms with Crippen LogP contribution in [0.3, 0.4) is 0 Å². The van der Waals surface area contributed by atoms with E-state index in [0.717, 1.165) is 10.3 Å². The highest BCUT2D eigenvalue weighted by atomic mass is 35.5. The van der Waals surface area contributed by atoms with Crippen molar-refractivity contribution in [3.63, 3.8) is 0 Å². The fourth-order valence-corrected chi connectivity index (χ4v) is 6.18. The van der Waals surface area contributed by atoms with E-state index < -0.39 is 29.3 Å². The van der Waals surface area contributed by atoms with Gasteiger partial charge in [-0.05, 0) is 72.6 Å². The number of nitrogens with zero attached hydrogens (tertiary/aromatic N) is 2. The van der Waals surface area contributed by atoms with E-state index in [-0.39, 0.29) is 16.3 Å². The van der Waals surface area contributed by atoms with Crippen molar-refractivity contribution >= 4 is 55.7 Å². The highest BCUT2D eigenvalue weighted by Crippen LogP contribution is 2.46. The SMILES string of the molecule is CCOc1cc(C2/C(=C(\O)c3ccc(F)cc3)C(=O)C(=O)N2c2nc3ccc(Cl)cc3s2)ccc1OCc1ccccc1. The quantitative estimate of drug-likeness (QED) is 0.109. The average Bonchev–Trinajstić information content (AvgIpc) is 3.54. The van der Waals surface area contributed by atoms with E-state index in [2.05, 4.69) is 4.98 Å². The summed E-state index contributed by atoms with van der Waals surface area (Å²) in [4.78, 5) is 33.1.